The van der Waals surface area contributed by atoms with Crippen LogP contribution in [-0.4, -0.2) is 25.3 Å². The van der Waals surface area contributed by atoms with Crippen molar-refractivity contribution in [2.75, 3.05) is 13.2 Å². The molecule has 106 valence electrons. The fraction of sp³-hybridized carbons (Fsp3) is 1.00. The van der Waals surface area contributed by atoms with E-state index in [4.69, 9.17) is 4.74 Å². The van der Waals surface area contributed by atoms with Crippen molar-refractivity contribution in [1.82, 2.24) is 5.32 Å². The van der Waals surface area contributed by atoms with E-state index in [0.29, 0.717) is 11.5 Å². The lowest BCUT2D eigenvalue weighted by atomic mass is 9.70. The molecule has 0 spiro atoms. The molecule has 4 atom stereocenters. The van der Waals surface area contributed by atoms with Gasteiger partial charge < -0.3 is 10.1 Å². The van der Waals surface area contributed by atoms with Gasteiger partial charge in [0.05, 0.1) is 6.10 Å². The number of hydrogen-bond donors (Lipinski definition) is 1. The van der Waals surface area contributed by atoms with Crippen molar-refractivity contribution >= 4 is 0 Å². The quantitative estimate of drug-likeness (QED) is 0.826. The number of rotatable bonds is 4. The molecule has 1 N–H and O–H groups in total. The van der Waals surface area contributed by atoms with Crippen molar-refractivity contribution < 1.29 is 4.74 Å². The molecule has 0 radical (unpaired) electrons. The van der Waals surface area contributed by atoms with E-state index in [1.807, 2.05) is 0 Å². The molecule has 1 saturated carbocycles. The van der Waals surface area contributed by atoms with E-state index in [0.717, 1.165) is 31.0 Å². The lowest BCUT2D eigenvalue weighted by Gasteiger charge is -2.40. The minimum absolute atomic E-state index is 0.506. The highest BCUT2D eigenvalue weighted by molar-refractivity contribution is 4.88. The fourth-order valence-corrected chi connectivity index (χ4v) is 4.20. The number of ether oxygens (including phenoxy) is 1. The van der Waals surface area contributed by atoms with Gasteiger partial charge >= 0.3 is 0 Å². The standard InChI is InChI=1S/C16H31NO/c1-5-15-13(6-7-18-15)11-17-14-8-12(2)9-16(3,4)10-14/h12-15,17H,5-11H2,1-4H3. The van der Waals surface area contributed by atoms with Crippen molar-refractivity contribution in [2.45, 2.75) is 71.9 Å². The minimum Gasteiger partial charge on any atom is -0.378 e. The molecule has 2 nitrogen and oxygen atoms in total. The predicted molar refractivity (Wildman–Crippen MR) is 76.7 cm³/mol. The van der Waals surface area contributed by atoms with Crippen LogP contribution in [0.15, 0.2) is 0 Å². The van der Waals surface area contributed by atoms with Gasteiger partial charge in [-0.2, -0.15) is 0 Å². The summed E-state index contributed by atoms with van der Waals surface area (Å²) in [5.74, 6) is 1.61. The van der Waals surface area contributed by atoms with Crippen molar-refractivity contribution in [3.8, 4) is 0 Å². The summed E-state index contributed by atoms with van der Waals surface area (Å²) < 4.78 is 5.78. The summed E-state index contributed by atoms with van der Waals surface area (Å²) in [6.07, 6.45) is 6.99. The van der Waals surface area contributed by atoms with Crippen LogP contribution in [0.1, 0.15) is 59.8 Å². The average molecular weight is 253 g/mol. The van der Waals surface area contributed by atoms with Gasteiger partial charge in [-0.25, -0.2) is 0 Å². The van der Waals surface area contributed by atoms with Crippen molar-refractivity contribution in [3.05, 3.63) is 0 Å². The van der Waals surface area contributed by atoms with Gasteiger partial charge in [-0.15, -0.1) is 0 Å². The van der Waals surface area contributed by atoms with Crippen molar-refractivity contribution in [3.63, 3.8) is 0 Å². The van der Waals surface area contributed by atoms with Gasteiger partial charge in [0, 0.05) is 19.2 Å². The van der Waals surface area contributed by atoms with E-state index >= 15 is 0 Å². The minimum atomic E-state index is 0.506. The molecule has 4 unspecified atom stereocenters. The molecule has 2 rings (SSSR count). The largest absolute Gasteiger partial charge is 0.378 e. The molecule has 2 heteroatoms. The van der Waals surface area contributed by atoms with Gasteiger partial charge in [0.25, 0.3) is 0 Å². The normalized spacial score (nSPS) is 40.0. The van der Waals surface area contributed by atoms with Gasteiger partial charge in [0.2, 0.25) is 0 Å². The van der Waals surface area contributed by atoms with Crippen LogP contribution in [0.4, 0.5) is 0 Å². The van der Waals surface area contributed by atoms with Crippen molar-refractivity contribution in [1.29, 1.82) is 0 Å². The second-order valence-corrected chi connectivity index (χ2v) is 7.38. The highest BCUT2D eigenvalue weighted by Crippen LogP contribution is 2.38. The lowest BCUT2D eigenvalue weighted by molar-refractivity contribution is 0.0836. The van der Waals surface area contributed by atoms with Gasteiger partial charge in [0.15, 0.2) is 0 Å². The molecular weight excluding hydrogens is 222 g/mol. The van der Waals surface area contributed by atoms with Gasteiger partial charge in [0.1, 0.15) is 0 Å². The molecule has 18 heavy (non-hydrogen) atoms. The first-order valence-corrected chi connectivity index (χ1v) is 7.85. The monoisotopic (exact) mass is 253 g/mol. The predicted octanol–water partition coefficient (Wildman–Crippen LogP) is 3.61. The van der Waals surface area contributed by atoms with E-state index in [9.17, 15) is 0 Å². The zero-order chi connectivity index (χ0) is 13.2. The van der Waals surface area contributed by atoms with E-state index in [-0.39, 0.29) is 0 Å². The number of nitrogens with one attached hydrogen (secondary N) is 1. The van der Waals surface area contributed by atoms with E-state index < -0.39 is 0 Å². The van der Waals surface area contributed by atoms with Crippen LogP contribution in [-0.2, 0) is 4.74 Å². The number of hydrogen-bond acceptors (Lipinski definition) is 2. The Morgan fingerprint density at radius 3 is 2.72 bits per heavy atom. The highest BCUT2D eigenvalue weighted by atomic mass is 16.5. The molecule has 0 aromatic heterocycles. The molecule has 2 fully saturated rings. The summed E-state index contributed by atoms with van der Waals surface area (Å²) >= 11 is 0. The molecule has 0 amide bonds. The Morgan fingerprint density at radius 1 is 1.28 bits per heavy atom. The Labute approximate surface area is 113 Å². The first-order valence-electron chi connectivity index (χ1n) is 7.85. The molecule has 2 aliphatic rings. The molecule has 1 aliphatic carbocycles. The third-order valence-corrected chi connectivity index (χ3v) is 4.80. The first kappa shape index (κ1) is 14.3. The van der Waals surface area contributed by atoms with Crippen LogP contribution in [0, 0.1) is 17.3 Å². The van der Waals surface area contributed by atoms with Gasteiger partial charge in [-0.1, -0.05) is 27.7 Å². The molecule has 0 aromatic carbocycles. The summed E-state index contributed by atoms with van der Waals surface area (Å²) in [7, 11) is 0. The van der Waals surface area contributed by atoms with Crippen LogP contribution in [0.5, 0.6) is 0 Å². The Hall–Kier alpha value is -0.0800. The van der Waals surface area contributed by atoms with E-state index in [1.165, 1.54) is 32.1 Å². The maximum Gasteiger partial charge on any atom is 0.0613 e. The van der Waals surface area contributed by atoms with Crippen LogP contribution in [0.3, 0.4) is 0 Å². The SMILES string of the molecule is CCC1OCCC1CNC1CC(C)CC(C)(C)C1. The molecule has 1 aliphatic heterocycles. The Kier molecular flexibility index (Phi) is 4.71. The maximum atomic E-state index is 5.78. The molecule has 0 aromatic rings. The van der Waals surface area contributed by atoms with Crippen LogP contribution < -0.4 is 5.32 Å². The summed E-state index contributed by atoms with van der Waals surface area (Å²) in [4.78, 5) is 0. The van der Waals surface area contributed by atoms with Crippen LogP contribution >= 0.6 is 0 Å². The third-order valence-electron chi connectivity index (χ3n) is 4.80. The molecule has 1 saturated heterocycles. The van der Waals surface area contributed by atoms with E-state index in [2.05, 4.69) is 33.0 Å². The molecule has 1 heterocycles. The summed E-state index contributed by atoms with van der Waals surface area (Å²) in [6.45, 7) is 11.6. The average Bonchev–Trinajstić information content (AvgIpc) is 2.70. The second kappa shape index (κ2) is 5.92. The smallest absolute Gasteiger partial charge is 0.0613 e. The Morgan fingerprint density at radius 2 is 2.06 bits per heavy atom. The Bertz CT molecular complexity index is 264. The summed E-state index contributed by atoms with van der Waals surface area (Å²) in [6, 6.07) is 0.724. The maximum absolute atomic E-state index is 5.78. The zero-order valence-corrected chi connectivity index (χ0v) is 12.7. The van der Waals surface area contributed by atoms with E-state index in [1.54, 1.807) is 0 Å². The molecule has 0 bridgehead atoms. The second-order valence-electron chi connectivity index (χ2n) is 7.38. The topological polar surface area (TPSA) is 21.3 Å². The lowest BCUT2D eigenvalue weighted by Crippen LogP contribution is -2.42. The van der Waals surface area contributed by atoms with Crippen LogP contribution in [0.25, 0.3) is 0 Å². The first-order chi connectivity index (χ1) is 8.50. The Balaban J connectivity index is 1.79. The fourth-order valence-electron chi connectivity index (χ4n) is 4.20. The third kappa shape index (κ3) is 3.71. The summed E-state index contributed by atoms with van der Waals surface area (Å²) in [5.41, 5.74) is 0.520. The zero-order valence-electron chi connectivity index (χ0n) is 12.7. The van der Waals surface area contributed by atoms with Crippen molar-refractivity contribution in [2.24, 2.45) is 17.3 Å². The van der Waals surface area contributed by atoms with Crippen LogP contribution in [0.2, 0.25) is 0 Å². The summed E-state index contributed by atoms with van der Waals surface area (Å²) in [5, 5.41) is 3.83. The van der Waals surface area contributed by atoms with Gasteiger partial charge in [-0.05, 0) is 49.4 Å². The molecular formula is C16H31NO. The highest BCUT2D eigenvalue weighted by Gasteiger charge is 2.33. The van der Waals surface area contributed by atoms with Gasteiger partial charge in [-0.3, -0.25) is 0 Å².